The largest absolute Gasteiger partial charge is 0.395 e. The van der Waals surface area contributed by atoms with E-state index in [1.165, 1.54) is 12.1 Å². The summed E-state index contributed by atoms with van der Waals surface area (Å²) in [6, 6.07) is 7.34. The molecule has 0 saturated heterocycles. The average molecular weight is 379 g/mol. The van der Waals surface area contributed by atoms with Gasteiger partial charge in [-0.05, 0) is 38.0 Å². The summed E-state index contributed by atoms with van der Waals surface area (Å²) in [5, 5.41) is 22.8. The molecule has 0 aliphatic rings. The third-order valence-corrected chi connectivity index (χ3v) is 5.43. The lowest BCUT2D eigenvalue weighted by atomic mass is 10.1. The number of hydrogen-bond acceptors (Lipinski definition) is 6. The Bertz CT molecular complexity index is 918. The van der Waals surface area contributed by atoms with Crippen LogP contribution in [0.1, 0.15) is 16.7 Å². The van der Waals surface area contributed by atoms with E-state index in [2.05, 4.69) is 10.0 Å². The van der Waals surface area contributed by atoms with E-state index in [1.807, 2.05) is 6.92 Å². The van der Waals surface area contributed by atoms with Crippen LogP contribution < -0.4 is 10.0 Å². The summed E-state index contributed by atoms with van der Waals surface area (Å²) in [7, 11) is -3.96. The van der Waals surface area contributed by atoms with Gasteiger partial charge in [0.25, 0.3) is 15.7 Å². The van der Waals surface area contributed by atoms with Crippen molar-refractivity contribution in [2.24, 2.45) is 0 Å². The van der Waals surface area contributed by atoms with Crippen molar-refractivity contribution < 1.29 is 18.4 Å². The van der Waals surface area contributed by atoms with E-state index in [0.717, 1.165) is 11.6 Å². The first kappa shape index (κ1) is 19.7. The average Bonchev–Trinajstić information content (AvgIpc) is 2.51. The van der Waals surface area contributed by atoms with Crippen LogP contribution in [0.2, 0.25) is 0 Å². The summed E-state index contributed by atoms with van der Waals surface area (Å²) in [5.74, 6) is 0. The van der Waals surface area contributed by atoms with Gasteiger partial charge in [0.1, 0.15) is 0 Å². The zero-order valence-corrected chi connectivity index (χ0v) is 15.6. The molecule has 0 unspecified atom stereocenters. The Labute approximate surface area is 152 Å². The highest BCUT2D eigenvalue weighted by Gasteiger charge is 2.22. The molecule has 2 rings (SSSR count). The first-order valence-corrected chi connectivity index (χ1v) is 9.38. The molecule has 0 aromatic heterocycles. The van der Waals surface area contributed by atoms with Gasteiger partial charge >= 0.3 is 0 Å². The number of rotatable bonds is 7. The molecule has 2 aromatic rings. The summed E-state index contributed by atoms with van der Waals surface area (Å²) < 4.78 is 28.2. The molecule has 140 valence electrons. The highest BCUT2D eigenvalue weighted by atomic mass is 32.2. The van der Waals surface area contributed by atoms with Crippen molar-refractivity contribution in [1.82, 2.24) is 0 Å². The maximum absolute atomic E-state index is 12.9. The van der Waals surface area contributed by atoms with Gasteiger partial charge in [-0.2, -0.15) is 0 Å². The van der Waals surface area contributed by atoms with E-state index in [1.54, 1.807) is 26.0 Å². The number of hydrogen-bond donors (Lipinski definition) is 3. The Morgan fingerprint density at radius 1 is 1.08 bits per heavy atom. The number of aliphatic hydroxyl groups excluding tert-OH is 1. The van der Waals surface area contributed by atoms with Crippen LogP contribution in [0.5, 0.6) is 0 Å². The molecule has 8 nitrogen and oxygen atoms in total. The molecule has 2 aromatic carbocycles. The second-order valence-corrected chi connectivity index (χ2v) is 7.59. The number of non-ortho nitro benzene ring substituents is 1. The Morgan fingerprint density at radius 2 is 1.69 bits per heavy atom. The molecule has 0 saturated carbocycles. The van der Waals surface area contributed by atoms with Gasteiger partial charge in [-0.25, -0.2) is 8.42 Å². The first-order valence-electron chi connectivity index (χ1n) is 7.89. The fourth-order valence-corrected chi connectivity index (χ4v) is 4.39. The van der Waals surface area contributed by atoms with Crippen molar-refractivity contribution in [3.05, 3.63) is 57.1 Å². The number of nitrogens with one attached hydrogen (secondary N) is 2. The third-order valence-electron chi connectivity index (χ3n) is 3.76. The van der Waals surface area contributed by atoms with Gasteiger partial charge in [0.05, 0.1) is 27.8 Å². The molecular weight excluding hydrogens is 358 g/mol. The number of nitrogens with zero attached hydrogens (tertiary/aromatic N) is 1. The molecule has 9 heteroatoms. The fourth-order valence-electron chi connectivity index (χ4n) is 2.86. The maximum Gasteiger partial charge on any atom is 0.271 e. The van der Waals surface area contributed by atoms with Crippen molar-refractivity contribution >= 4 is 27.1 Å². The standard InChI is InChI=1S/C17H21N3O5S/c1-11-8-12(2)17(13(3)9-11)26(24,25)19-16-10-14(20(22)23)4-5-15(16)18-6-7-21/h4-5,8-10,18-19,21H,6-7H2,1-3H3. The first-order chi connectivity index (χ1) is 12.2. The quantitative estimate of drug-likeness (QED) is 0.502. The molecular formula is C17H21N3O5S. The summed E-state index contributed by atoms with van der Waals surface area (Å²) in [4.78, 5) is 10.6. The molecule has 0 fully saturated rings. The molecule has 0 aliphatic heterocycles. The zero-order chi connectivity index (χ0) is 19.5. The minimum absolute atomic E-state index is 0.0482. The topological polar surface area (TPSA) is 122 Å². The number of sulfonamides is 1. The fraction of sp³-hybridized carbons (Fsp3) is 0.294. The van der Waals surface area contributed by atoms with E-state index < -0.39 is 14.9 Å². The predicted octanol–water partition coefficient (Wildman–Crippen LogP) is 2.73. The molecule has 0 bridgehead atoms. The van der Waals surface area contributed by atoms with Gasteiger partial charge in [0.15, 0.2) is 0 Å². The lowest BCUT2D eigenvalue weighted by molar-refractivity contribution is -0.384. The van der Waals surface area contributed by atoms with Crippen LogP contribution in [0.15, 0.2) is 35.2 Å². The molecule has 0 aliphatic carbocycles. The van der Waals surface area contributed by atoms with Crippen LogP contribution in [0, 0.1) is 30.9 Å². The lowest BCUT2D eigenvalue weighted by Crippen LogP contribution is -2.18. The minimum Gasteiger partial charge on any atom is -0.395 e. The van der Waals surface area contributed by atoms with Gasteiger partial charge in [-0.15, -0.1) is 0 Å². The summed E-state index contributed by atoms with van der Waals surface area (Å²) in [6.07, 6.45) is 0. The smallest absolute Gasteiger partial charge is 0.271 e. The number of nitro benzene ring substituents is 1. The monoisotopic (exact) mass is 379 g/mol. The van der Waals surface area contributed by atoms with Gasteiger partial charge in [0, 0.05) is 18.7 Å². The second-order valence-electron chi connectivity index (χ2n) is 5.97. The van der Waals surface area contributed by atoms with E-state index in [-0.39, 0.29) is 29.4 Å². The van der Waals surface area contributed by atoms with Crippen LogP contribution in [0.25, 0.3) is 0 Å². The van der Waals surface area contributed by atoms with Crippen LogP contribution in [0.3, 0.4) is 0 Å². The number of nitro groups is 1. The summed E-state index contributed by atoms with van der Waals surface area (Å²) in [5.41, 5.74) is 2.27. The normalized spacial score (nSPS) is 11.2. The van der Waals surface area contributed by atoms with Crippen molar-refractivity contribution in [2.75, 3.05) is 23.2 Å². The van der Waals surface area contributed by atoms with Crippen LogP contribution >= 0.6 is 0 Å². The van der Waals surface area contributed by atoms with Crippen molar-refractivity contribution in [3.63, 3.8) is 0 Å². The van der Waals surface area contributed by atoms with E-state index in [9.17, 15) is 18.5 Å². The SMILES string of the molecule is Cc1cc(C)c(S(=O)(=O)Nc2cc([N+](=O)[O-])ccc2NCCO)c(C)c1. The highest BCUT2D eigenvalue weighted by Crippen LogP contribution is 2.31. The van der Waals surface area contributed by atoms with Crippen molar-refractivity contribution in [1.29, 1.82) is 0 Å². The highest BCUT2D eigenvalue weighted by molar-refractivity contribution is 7.92. The summed E-state index contributed by atoms with van der Waals surface area (Å²) >= 11 is 0. The Kier molecular flexibility index (Phi) is 5.83. The lowest BCUT2D eigenvalue weighted by Gasteiger charge is -2.16. The van der Waals surface area contributed by atoms with Gasteiger partial charge < -0.3 is 10.4 Å². The molecule has 0 amide bonds. The number of aliphatic hydroxyl groups is 1. The maximum atomic E-state index is 12.9. The van der Waals surface area contributed by atoms with Crippen LogP contribution in [-0.2, 0) is 10.0 Å². The van der Waals surface area contributed by atoms with Gasteiger partial charge in [0.2, 0.25) is 0 Å². The molecule has 26 heavy (non-hydrogen) atoms. The third kappa shape index (κ3) is 4.30. The molecule has 0 atom stereocenters. The van der Waals surface area contributed by atoms with Crippen LogP contribution in [-0.4, -0.2) is 31.6 Å². The van der Waals surface area contributed by atoms with Gasteiger partial charge in [-0.1, -0.05) is 17.7 Å². The van der Waals surface area contributed by atoms with E-state index in [0.29, 0.717) is 16.8 Å². The molecule has 0 heterocycles. The Morgan fingerprint density at radius 3 is 2.23 bits per heavy atom. The zero-order valence-electron chi connectivity index (χ0n) is 14.7. The van der Waals surface area contributed by atoms with Crippen LogP contribution in [0.4, 0.5) is 17.1 Å². The minimum atomic E-state index is -3.96. The van der Waals surface area contributed by atoms with Gasteiger partial charge in [-0.3, -0.25) is 14.8 Å². The number of anilines is 2. The number of aryl methyl sites for hydroxylation is 3. The number of benzene rings is 2. The predicted molar refractivity (Wildman–Crippen MR) is 100 cm³/mol. The van der Waals surface area contributed by atoms with Crippen molar-refractivity contribution in [2.45, 2.75) is 25.7 Å². The van der Waals surface area contributed by atoms with E-state index >= 15 is 0 Å². The Balaban J connectivity index is 2.51. The molecule has 3 N–H and O–H groups in total. The summed E-state index contributed by atoms with van der Waals surface area (Å²) in [6.45, 7) is 5.29. The Hall–Kier alpha value is -2.65. The molecule has 0 spiro atoms. The van der Waals surface area contributed by atoms with Crippen molar-refractivity contribution in [3.8, 4) is 0 Å². The molecule has 0 radical (unpaired) electrons. The van der Waals surface area contributed by atoms with E-state index in [4.69, 9.17) is 5.11 Å². The second kappa shape index (κ2) is 7.71.